The number of hydrogen-bond acceptors (Lipinski definition) is 3. The van der Waals surface area contributed by atoms with Crippen LogP contribution in [0.3, 0.4) is 0 Å². The number of rotatable bonds is 1. The fourth-order valence-electron chi connectivity index (χ4n) is 2.92. The molecule has 5 nitrogen and oxygen atoms in total. The van der Waals surface area contributed by atoms with Gasteiger partial charge in [-0.05, 0) is 5.56 Å². The molecule has 3 rings (SSSR count). The molecule has 4 amide bonds. The average molecular weight is 244 g/mol. The Morgan fingerprint density at radius 1 is 1.22 bits per heavy atom. The second kappa shape index (κ2) is 3.41. The number of benzene rings is 1. The van der Waals surface area contributed by atoms with E-state index >= 15 is 0 Å². The average Bonchev–Trinajstić information content (AvgIpc) is 2.57. The van der Waals surface area contributed by atoms with Crippen molar-refractivity contribution >= 4 is 17.8 Å². The molecular weight excluding hydrogens is 232 g/mol. The quantitative estimate of drug-likeness (QED) is 0.738. The number of nitrogens with zero attached hydrogens (tertiary/aromatic N) is 1. The highest BCUT2D eigenvalue weighted by atomic mass is 16.2. The minimum atomic E-state index is -1.24. The minimum Gasteiger partial charge on any atom is -0.276 e. The van der Waals surface area contributed by atoms with Crippen molar-refractivity contribution in [3.63, 3.8) is 0 Å². The van der Waals surface area contributed by atoms with Crippen molar-refractivity contribution < 1.29 is 14.4 Å². The second-order valence-electron chi connectivity index (χ2n) is 4.75. The van der Waals surface area contributed by atoms with Gasteiger partial charge >= 0.3 is 6.03 Å². The first-order chi connectivity index (χ1) is 8.58. The zero-order chi connectivity index (χ0) is 12.9. The van der Waals surface area contributed by atoms with Gasteiger partial charge in [-0.3, -0.25) is 19.8 Å². The number of carbonyl (C=O) groups is 3. The van der Waals surface area contributed by atoms with Gasteiger partial charge in [-0.1, -0.05) is 37.3 Å². The molecule has 0 spiro atoms. The Morgan fingerprint density at radius 3 is 2.56 bits per heavy atom. The van der Waals surface area contributed by atoms with E-state index < -0.39 is 23.3 Å². The van der Waals surface area contributed by atoms with E-state index in [1.807, 2.05) is 13.0 Å². The SMILES string of the molecule is C[C@@H]1CN2C(=O)NC(=O)[C@@]1(c1ccccc1)C2=O. The summed E-state index contributed by atoms with van der Waals surface area (Å²) in [6.07, 6.45) is 0. The molecule has 92 valence electrons. The number of nitrogens with one attached hydrogen (secondary N) is 1. The summed E-state index contributed by atoms with van der Waals surface area (Å²) in [5, 5.41) is 2.27. The summed E-state index contributed by atoms with van der Waals surface area (Å²) < 4.78 is 0. The van der Waals surface area contributed by atoms with Gasteiger partial charge in [0.25, 0.3) is 5.91 Å². The monoisotopic (exact) mass is 244 g/mol. The van der Waals surface area contributed by atoms with Crippen molar-refractivity contribution in [1.29, 1.82) is 0 Å². The third-order valence-electron chi connectivity index (χ3n) is 3.83. The van der Waals surface area contributed by atoms with Crippen LogP contribution in [0.5, 0.6) is 0 Å². The number of imide groups is 2. The van der Waals surface area contributed by atoms with E-state index in [0.29, 0.717) is 5.56 Å². The summed E-state index contributed by atoms with van der Waals surface area (Å²) >= 11 is 0. The van der Waals surface area contributed by atoms with Crippen molar-refractivity contribution in [3.05, 3.63) is 35.9 Å². The van der Waals surface area contributed by atoms with E-state index in [4.69, 9.17) is 0 Å². The largest absolute Gasteiger partial charge is 0.330 e. The van der Waals surface area contributed by atoms with Crippen LogP contribution in [0.25, 0.3) is 0 Å². The maximum Gasteiger partial charge on any atom is 0.330 e. The number of carbonyl (C=O) groups excluding carboxylic acids is 3. The Morgan fingerprint density at radius 2 is 1.89 bits per heavy atom. The van der Waals surface area contributed by atoms with E-state index in [2.05, 4.69) is 5.32 Å². The van der Waals surface area contributed by atoms with Gasteiger partial charge in [0.2, 0.25) is 5.91 Å². The summed E-state index contributed by atoms with van der Waals surface area (Å²) in [5.74, 6) is -1.14. The number of barbiturate groups is 1. The molecule has 1 N–H and O–H groups in total. The molecule has 2 bridgehead atoms. The van der Waals surface area contributed by atoms with Crippen LogP contribution in [0.2, 0.25) is 0 Å². The molecule has 2 atom stereocenters. The van der Waals surface area contributed by atoms with Crippen LogP contribution in [0.4, 0.5) is 4.79 Å². The van der Waals surface area contributed by atoms with Gasteiger partial charge in [-0.2, -0.15) is 0 Å². The van der Waals surface area contributed by atoms with Crippen LogP contribution in [0, 0.1) is 5.92 Å². The van der Waals surface area contributed by atoms with Crippen LogP contribution < -0.4 is 5.32 Å². The second-order valence-corrected chi connectivity index (χ2v) is 4.75. The lowest BCUT2D eigenvalue weighted by molar-refractivity contribution is -0.141. The molecule has 18 heavy (non-hydrogen) atoms. The van der Waals surface area contributed by atoms with Crippen molar-refractivity contribution in [1.82, 2.24) is 10.2 Å². The Labute approximate surface area is 104 Å². The summed E-state index contributed by atoms with van der Waals surface area (Å²) in [4.78, 5) is 37.3. The van der Waals surface area contributed by atoms with E-state index in [0.717, 1.165) is 4.90 Å². The van der Waals surface area contributed by atoms with E-state index in [1.54, 1.807) is 24.3 Å². The highest BCUT2D eigenvalue weighted by Crippen LogP contribution is 2.42. The van der Waals surface area contributed by atoms with Gasteiger partial charge < -0.3 is 0 Å². The molecule has 2 aliphatic heterocycles. The van der Waals surface area contributed by atoms with Crippen LogP contribution in [0.1, 0.15) is 12.5 Å². The zero-order valence-electron chi connectivity index (χ0n) is 9.84. The number of hydrogen-bond donors (Lipinski definition) is 1. The third kappa shape index (κ3) is 1.08. The van der Waals surface area contributed by atoms with Crippen LogP contribution in [-0.2, 0) is 15.0 Å². The molecule has 0 unspecified atom stereocenters. The predicted molar refractivity (Wildman–Crippen MR) is 62.5 cm³/mol. The van der Waals surface area contributed by atoms with E-state index in [-0.39, 0.29) is 12.5 Å². The van der Waals surface area contributed by atoms with Crippen LogP contribution >= 0.6 is 0 Å². The molecule has 0 aliphatic carbocycles. The Bertz CT molecular complexity index is 555. The molecule has 2 aliphatic rings. The molecule has 2 saturated heterocycles. The van der Waals surface area contributed by atoms with Crippen molar-refractivity contribution in [2.75, 3.05) is 6.54 Å². The first-order valence-electron chi connectivity index (χ1n) is 5.81. The van der Waals surface area contributed by atoms with Crippen molar-refractivity contribution in [2.24, 2.45) is 5.92 Å². The Kier molecular flexibility index (Phi) is 2.08. The normalized spacial score (nSPS) is 30.6. The lowest BCUT2D eigenvalue weighted by atomic mass is 9.71. The molecule has 5 heteroatoms. The lowest BCUT2D eigenvalue weighted by Crippen LogP contribution is -2.61. The van der Waals surface area contributed by atoms with Gasteiger partial charge in [0.1, 0.15) is 0 Å². The molecule has 0 aromatic heterocycles. The summed E-state index contributed by atoms with van der Waals surface area (Å²) in [6, 6.07) is 8.31. The fraction of sp³-hybridized carbons (Fsp3) is 0.308. The van der Waals surface area contributed by atoms with E-state index in [1.165, 1.54) is 0 Å². The van der Waals surface area contributed by atoms with Gasteiger partial charge in [0, 0.05) is 12.5 Å². The van der Waals surface area contributed by atoms with Gasteiger partial charge in [-0.25, -0.2) is 4.79 Å². The van der Waals surface area contributed by atoms with Crippen molar-refractivity contribution in [2.45, 2.75) is 12.3 Å². The summed E-state index contributed by atoms with van der Waals surface area (Å²) in [7, 11) is 0. The van der Waals surface area contributed by atoms with Gasteiger partial charge in [0.15, 0.2) is 5.41 Å². The molecular formula is C13H12N2O3. The molecule has 1 aromatic carbocycles. The van der Waals surface area contributed by atoms with Crippen LogP contribution in [0.15, 0.2) is 30.3 Å². The first kappa shape index (κ1) is 11.0. The highest BCUT2D eigenvalue weighted by Gasteiger charge is 2.63. The third-order valence-corrected chi connectivity index (χ3v) is 3.83. The first-order valence-corrected chi connectivity index (χ1v) is 5.81. The maximum atomic E-state index is 12.4. The number of fused-ring (bicyclic) bond motifs is 2. The van der Waals surface area contributed by atoms with Gasteiger partial charge in [-0.15, -0.1) is 0 Å². The van der Waals surface area contributed by atoms with Crippen molar-refractivity contribution in [3.8, 4) is 0 Å². The summed E-state index contributed by atoms with van der Waals surface area (Å²) in [6.45, 7) is 2.11. The number of amides is 4. The molecule has 0 radical (unpaired) electrons. The van der Waals surface area contributed by atoms with Crippen LogP contribution in [-0.4, -0.2) is 29.3 Å². The lowest BCUT2D eigenvalue weighted by Gasteiger charge is -2.32. The number of urea groups is 1. The Balaban J connectivity index is 2.22. The highest BCUT2D eigenvalue weighted by molar-refractivity contribution is 6.24. The molecule has 2 fully saturated rings. The fourth-order valence-corrected chi connectivity index (χ4v) is 2.92. The molecule has 2 heterocycles. The smallest absolute Gasteiger partial charge is 0.276 e. The standard InChI is InChI=1S/C13H12N2O3/c1-8-7-15-11(17)13(8,10(16)14-12(15)18)9-5-3-2-4-6-9/h2-6,8H,7H2,1H3,(H,14,16,18)/t8-,13-/m1/s1. The molecule has 1 aromatic rings. The topological polar surface area (TPSA) is 66.5 Å². The Hall–Kier alpha value is -2.17. The zero-order valence-corrected chi connectivity index (χ0v) is 9.84. The predicted octanol–water partition coefficient (Wildman–Crippen LogP) is 0.652. The minimum absolute atomic E-state index is 0.223. The van der Waals surface area contributed by atoms with Gasteiger partial charge in [0.05, 0.1) is 0 Å². The summed E-state index contributed by atoms with van der Waals surface area (Å²) in [5.41, 5.74) is -0.593. The van der Waals surface area contributed by atoms with E-state index in [9.17, 15) is 14.4 Å². The maximum absolute atomic E-state index is 12.4. The molecule has 0 saturated carbocycles.